The molecule has 3 nitrogen and oxygen atoms in total. The van der Waals surface area contributed by atoms with Gasteiger partial charge in [0.15, 0.2) is 0 Å². The Bertz CT molecular complexity index is 653. The van der Waals surface area contributed by atoms with Crippen molar-refractivity contribution in [3.8, 4) is 0 Å². The van der Waals surface area contributed by atoms with Crippen LogP contribution in [0.5, 0.6) is 0 Å². The minimum Gasteiger partial charge on any atom is -0.468 e. The van der Waals surface area contributed by atoms with Gasteiger partial charge in [-0.15, -0.1) is 0 Å². The number of fused-ring (bicyclic) bond motifs is 1. The molecule has 0 unspecified atom stereocenters. The number of aryl methyl sites for hydroxylation is 1. The Labute approximate surface area is 112 Å². The van der Waals surface area contributed by atoms with Gasteiger partial charge in [-0.05, 0) is 42.1 Å². The highest BCUT2D eigenvalue weighted by atomic mass is 16.3. The molecule has 1 N–H and O–H groups in total. The van der Waals surface area contributed by atoms with Crippen LogP contribution in [-0.4, -0.2) is 11.1 Å². The van der Waals surface area contributed by atoms with E-state index in [1.54, 1.807) is 6.26 Å². The van der Waals surface area contributed by atoms with E-state index in [9.17, 15) is 0 Å². The van der Waals surface area contributed by atoms with Crippen LogP contribution < -0.4 is 5.32 Å². The lowest BCUT2D eigenvalue weighted by Gasteiger charge is -2.07. The lowest BCUT2D eigenvalue weighted by atomic mass is 10.2. The van der Waals surface area contributed by atoms with Crippen LogP contribution >= 0.6 is 0 Å². The number of aromatic nitrogens is 1. The Morgan fingerprint density at radius 2 is 2.16 bits per heavy atom. The van der Waals surface area contributed by atoms with Crippen molar-refractivity contribution >= 4 is 10.9 Å². The van der Waals surface area contributed by atoms with Crippen molar-refractivity contribution in [2.75, 3.05) is 6.54 Å². The summed E-state index contributed by atoms with van der Waals surface area (Å²) in [6, 6.07) is 12.6. The second-order valence-electron chi connectivity index (χ2n) is 4.83. The number of nitrogens with zero attached hydrogens (tertiary/aromatic N) is 1. The fraction of sp³-hybridized carbons (Fsp3) is 0.250. The van der Waals surface area contributed by atoms with Gasteiger partial charge >= 0.3 is 0 Å². The monoisotopic (exact) mass is 254 g/mol. The Hall–Kier alpha value is -2.00. The second kappa shape index (κ2) is 5.33. The number of benzene rings is 1. The maximum atomic E-state index is 5.29. The Morgan fingerprint density at radius 3 is 3.00 bits per heavy atom. The van der Waals surface area contributed by atoms with Crippen LogP contribution in [0.4, 0.5) is 0 Å². The van der Waals surface area contributed by atoms with E-state index in [1.165, 1.54) is 16.5 Å². The maximum absolute atomic E-state index is 5.29. The molecule has 1 aromatic carbocycles. The third-order valence-electron chi connectivity index (χ3n) is 3.34. The quantitative estimate of drug-likeness (QED) is 0.708. The predicted molar refractivity (Wildman–Crippen MR) is 77.1 cm³/mol. The summed E-state index contributed by atoms with van der Waals surface area (Å²) in [5, 5.41) is 4.69. The zero-order valence-corrected chi connectivity index (χ0v) is 11.1. The Balaban J connectivity index is 1.60. The summed E-state index contributed by atoms with van der Waals surface area (Å²) < 4.78 is 7.58. The number of hydrogen-bond donors (Lipinski definition) is 1. The van der Waals surface area contributed by atoms with Crippen LogP contribution in [0, 0.1) is 6.92 Å². The molecule has 3 aromatic rings. The molecule has 98 valence electrons. The molecule has 3 rings (SSSR count). The van der Waals surface area contributed by atoms with Gasteiger partial charge in [0.05, 0.1) is 12.8 Å². The average Bonchev–Trinajstić information content (AvgIpc) is 3.04. The first-order chi connectivity index (χ1) is 9.33. The molecule has 0 spiro atoms. The topological polar surface area (TPSA) is 30.1 Å². The van der Waals surface area contributed by atoms with E-state index in [-0.39, 0.29) is 0 Å². The van der Waals surface area contributed by atoms with Gasteiger partial charge in [0.25, 0.3) is 0 Å². The van der Waals surface area contributed by atoms with E-state index in [4.69, 9.17) is 4.42 Å². The van der Waals surface area contributed by atoms with Crippen LogP contribution in [0.25, 0.3) is 10.9 Å². The number of hydrogen-bond acceptors (Lipinski definition) is 2. The number of rotatable bonds is 5. The van der Waals surface area contributed by atoms with Gasteiger partial charge in [-0.25, -0.2) is 0 Å². The first-order valence-electron chi connectivity index (χ1n) is 6.61. The normalized spacial score (nSPS) is 11.2. The number of furan rings is 1. The third kappa shape index (κ3) is 2.71. The molecule has 19 heavy (non-hydrogen) atoms. The van der Waals surface area contributed by atoms with E-state index >= 15 is 0 Å². The zero-order valence-electron chi connectivity index (χ0n) is 11.1. The molecule has 0 fully saturated rings. The average molecular weight is 254 g/mol. The second-order valence-corrected chi connectivity index (χ2v) is 4.83. The molecule has 0 saturated carbocycles. The fourth-order valence-corrected chi connectivity index (χ4v) is 2.31. The smallest absolute Gasteiger partial charge is 0.117 e. The van der Waals surface area contributed by atoms with Gasteiger partial charge < -0.3 is 14.3 Å². The summed E-state index contributed by atoms with van der Waals surface area (Å²) in [7, 11) is 0. The van der Waals surface area contributed by atoms with Crippen LogP contribution in [0.15, 0.2) is 53.3 Å². The lowest BCUT2D eigenvalue weighted by molar-refractivity contribution is 0.477. The molecule has 0 saturated heterocycles. The molecule has 0 aliphatic heterocycles. The van der Waals surface area contributed by atoms with Gasteiger partial charge in [-0.3, -0.25) is 0 Å². The summed E-state index contributed by atoms with van der Waals surface area (Å²) in [6.07, 6.45) is 3.86. The minimum atomic E-state index is 0.783. The summed E-state index contributed by atoms with van der Waals surface area (Å²) >= 11 is 0. The highest BCUT2D eigenvalue weighted by Crippen LogP contribution is 2.17. The van der Waals surface area contributed by atoms with Gasteiger partial charge in [-0.1, -0.05) is 12.1 Å². The molecule has 3 heteroatoms. The van der Waals surface area contributed by atoms with Gasteiger partial charge in [0, 0.05) is 24.8 Å². The molecule has 0 aliphatic rings. The molecular weight excluding hydrogens is 236 g/mol. The van der Waals surface area contributed by atoms with Crippen molar-refractivity contribution in [2.45, 2.75) is 20.0 Å². The van der Waals surface area contributed by atoms with E-state index < -0.39 is 0 Å². The first kappa shape index (κ1) is 12.1. The highest BCUT2D eigenvalue weighted by Gasteiger charge is 2.01. The van der Waals surface area contributed by atoms with Crippen molar-refractivity contribution in [1.82, 2.24) is 9.88 Å². The fourth-order valence-electron chi connectivity index (χ4n) is 2.31. The molecule has 2 heterocycles. The predicted octanol–water partition coefficient (Wildman–Crippen LogP) is 3.33. The molecule has 0 bridgehead atoms. The van der Waals surface area contributed by atoms with E-state index in [1.807, 2.05) is 12.1 Å². The van der Waals surface area contributed by atoms with Crippen molar-refractivity contribution in [1.29, 1.82) is 0 Å². The minimum absolute atomic E-state index is 0.783. The van der Waals surface area contributed by atoms with Crippen LogP contribution in [-0.2, 0) is 13.1 Å². The molecule has 2 aromatic heterocycles. The zero-order chi connectivity index (χ0) is 13.1. The lowest BCUT2D eigenvalue weighted by Crippen LogP contribution is -2.18. The van der Waals surface area contributed by atoms with Gasteiger partial charge in [0.2, 0.25) is 0 Å². The Kier molecular flexibility index (Phi) is 3.38. The maximum Gasteiger partial charge on any atom is 0.117 e. The van der Waals surface area contributed by atoms with E-state index in [0.29, 0.717) is 0 Å². The van der Waals surface area contributed by atoms with E-state index in [2.05, 4.69) is 47.3 Å². The summed E-state index contributed by atoms with van der Waals surface area (Å²) in [5.41, 5.74) is 2.61. The number of nitrogens with one attached hydrogen (secondary N) is 1. The van der Waals surface area contributed by atoms with Crippen molar-refractivity contribution in [2.24, 2.45) is 0 Å². The first-order valence-corrected chi connectivity index (χ1v) is 6.61. The largest absolute Gasteiger partial charge is 0.468 e. The van der Waals surface area contributed by atoms with Crippen molar-refractivity contribution in [3.63, 3.8) is 0 Å². The van der Waals surface area contributed by atoms with E-state index in [0.717, 1.165) is 25.4 Å². The van der Waals surface area contributed by atoms with Crippen molar-refractivity contribution < 1.29 is 4.42 Å². The SMILES string of the molecule is Cc1ccc2ccn(CCNCc3ccco3)c2c1. The standard InChI is InChI=1S/C16H18N2O/c1-13-4-5-14-6-8-18(16(14)11-13)9-7-17-12-15-3-2-10-19-15/h2-6,8,10-11,17H,7,9,12H2,1H3. The molecule has 0 amide bonds. The van der Waals surface area contributed by atoms with Gasteiger partial charge in [-0.2, -0.15) is 0 Å². The third-order valence-corrected chi connectivity index (χ3v) is 3.34. The van der Waals surface area contributed by atoms with Crippen molar-refractivity contribution in [3.05, 3.63) is 60.2 Å². The molecule has 0 atom stereocenters. The van der Waals surface area contributed by atoms with Crippen LogP contribution in [0.3, 0.4) is 0 Å². The summed E-state index contributed by atoms with van der Waals surface area (Å²) in [6.45, 7) is 4.81. The van der Waals surface area contributed by atoms with Crippen LogP contribution in [0.1, 0.15) is 11.3 Å². The highest BCUT2D eigenvalue weighted by molar-refractivity contribution is 5.80. The summed E-state index contributed by atoms with van der Waals surface area (Å²) in [5.74, 6) is 0.980. The van der Waals surface area contributed by atoms with Gasteiger partial charge in [0.1, 0.15) is 5.76 Å². The summed E-state index contributed by atoms with van der Waals surface area (Å²) in [4.78, 5) is 0. The Morgan fingerprint density at radius 1 is 1.21 bits per heavy atom. The molecular formula is C16H18N2O. The molecule has 0 radical (unpaired) electrons. The van der Waals surface area contributed by atoms with Crippen LogP contribution in [0.2, 0.25) is 0 Å². The molecule has 0 aliphatic carbocycles.